The van der Waals surface area contributed by atoms with Crippen LogP contribution in [0.15, 0.2) is 23.1 Å². The molecule has 90 valence electrons. The highest BCUT2D eigenvalue weighted by molar-refractivity contribution is 8.00. The van der Waals surface area contributed by atoms with Crippen LogP contribution >= 0.6 is 11.8 Å². The van der Waals surface area contributed by atoms with Crippen LogP contribution in [0.1, 0.15) is 24.0 Å². The summed E-state index contributed by atoms with van der Waals surface area (Å²) in [6, 6.07) is 4.88. The van der Waals surface area contributed by atoms with Crippen LogP contribution in [-0.4, -0.2) is 5.51 Å². The van der Waals surface area contributed by atoms with Crippen LogP contribution in [-0.2, 0) is 0 Å². The summed E-state index contributed by atoms with van der Waals surface area (Å²) in [4.78, 5) is 0.191. The van der Waals surface area contributed by atoms with Crippen LogP contribution in [0.2, 0.25) is 0 Å². The van der Waals surface area contributed by atoms with Crippen LogP contribution in [0.5, 0.6) is 0 Å². The maximum absolute atomic E-state index is 12.3. The van der Waals surface area contributed by atoms with E-state index in [9.17, 15) is 13.2 Å². The van der Waals surface area contributed by atoms with Gasteiger partial charge in [0.2, 0.25) is 0 Å². The molecule has 0 atom stereocenters. The number of benzene rings is 1. The molecule has 0 amide bonds. The van der Waals surface area contributed by atoms with Gasteiger partial charge in [0.1, 0.15) is 0 Å². The highest BCUT2D eigenvalue weighted by Crippen LogP contribution is 2.38. The molecule has 1 aliphatic carbocycles. The second-order valence-corrected chi connectivity index (χ2v) is 5.20. The molecule has 1 fully saturated rings. The van der Waals surface area contributed by atoms with Gasteiger partial charge in [-0.2, -0.15) is 13.2 Å². The Hall–Kier alpha value is -1.08. The second-order valence-electron chi connectivity index (χ2n) is 4.09. The molecular weight excluding hydrogens is 245 g/mol. The fourth-order valence-electron chi connectivity index (χ4n) is 1.36. The third-order valence-corrected chi connectivity index (χ3v) is 3.16. The largest absolute Gasteiger partial charge is 0.446 e. The zero-order chi connectivity index (χ0) is 12.5. The van der Waals surface area contributed by atoms with E-state index in [-0.39, 0.29) is 16.7 Å². The minimum atomic E-state index is -4.26. The molecule has 0 nitrogen and oxygen atoms in total. The lowest BCUT2D eigenvalue weighted by atomic mass is 10.1. The van der Waals surface area contributed by atoms with Crippen LogP contribution in [0.3, 0.4) is 0 Å². The first-order valence-electron chi connectivity index (χ1n) is 5.32. The molecule has 0 aliphatic heterocycles. The van der Waals surface area contributed by atoms with E-state index in [1.165, 1.54) is 6.07 Å². The third kappa shape index (κ3) is 4.01. The van der Waals surface area contributed by atoms with E-state index < -0.39 is 5.51 Å². The Morgan fingerprint density at radius 2 is 2.00 bits per heavy atom. The Morgan fingerprint density at radius 3 is 2.59 bits per heavy atom. The minimum Gasteiger partial charge on any atom is -0.160 e. The van der Waals surface area contributed by atoms with Crippen molar-refractivity contribution in [2.24, 2.45) is 5.92 Å². The summed E-state index contributed by atoms with van der Waals surface area (Å²) in [5.74, 6) is 6.25. The lowest BCUT2D eigenvalue weighted by Gasteiger charge is -2.08. The van der Waals surface area contributed by atoms with Gasteiger partial charge in [0.25, 0.3) is 0 Å². The summed E-state index contributed by atoms with van der Waals surface area (Å²) < 4.78 is 37.0. The van der Waals surface area contributed by atoms with Crippen molar-refractivity contribution in [1.82, 2.24) is 0 Å². The summed E-state index contributed by atoms with van der Waals surface area (Å²) in [5, 5.41) is 0. The van der Waals surface area contributed by atoms with Crippen molar-refractivity contribution < 1.29 is 13.2 Å². The van der Waals surface area contributed by atoms with E-state index in [4.69, 9.17) is 0 Å². The summed E-state index contributed by atoms with van der Waals surface area (Å²) in [6.45, 7) is 1.85. The molecule has 0 spiro atoms. The summed E-state index contributed by atoms with van der Waals surface area (Å²) in [7, 11) is 0. The topological polar surface area (TPSA) is 0 Å². The van der Waals surface area contributed by atoms with Crippen molar-refractivity contribution in [3.63, 3.8) is 0 Å². The molecule has 1 aromatic carbocycles. The Kier molecular flexibility index (Phi) is 3.39. The molecule has 2 rings (SSSR count). The lowest BCUT2D eigenvalue weighted by Crippen LogP contribution is -2.00. The predicted octanol–water partition coefficient (Wildman–Crippen LogP) is 4.37. The van der Waals surface area contributed by atoms with Crippen molar-refractivity contribution in [3.05, 3.63) is 29.3 Å². The Bertz CT molecular complexity index is 476. The van der Waals surface area contributed by atoms with Crippen LogP contribution in [0.4, 0.5) is 13.2 Å². The maximum Gasteiger partial charge on any atom is 0.446 e. The van der Waals surface area contributed by atoms with Crippen molar-refractivity contribution in [2.45, 2.75) is 30.2 Å². The van der Waals surface area contributed by atoms with Crippen molar-refractivity contribution in [1.29, 1.82) is 0 Å². The van der Waals surface area contributed by atoms with Gasteiger partial charge in [-0.1, -0.05) is 17.9 Å². The predicted molar refractivity (Wildman–Crippen MR) is 62.7 cm³/mol. The number of halogens is 3. The Labute approximate surface area is 103 Å². The van der Waals surface area contributed by atoms with Crippen LogP contribution < -0.4 is 0 Å². The fraction of sp³-hybridized carbons (Fsp3) is 0.385. The van der Waals surface area contributed by atoms with Gasteiger partial charge in [-0.15, -0.1) is 0 Å². The zero-order valence-electron chi connectivity index (χ0n) is 9.27. The van der Waals surface area contributed by atoms with E-state index in [1.807, 2.05) is 6.92 Å². The van der Waals surface area contributed by atoms with Gasteiger partial charge in [-0.05, 0) is 49.2 Å². The van der Waals surface area contributed by atoms with E-state index in [2.05, 4.69) is 11.8 Å². The van der Waals surface area contributed by atoms with Crippen LogP contribution in [0.25, 0.3) is 0 Å². The average Bonchev–Trinajstić information content (AvgIpc) is 3.00. The van der Waals surface area contributed by atoms with Crippen LogP contribution in [0, 0.1) is 24.7 Å². The molecule has 0 heterocycles. The average molecular weight is 256 g/mol. The SMILES string of the molecule is Cc1ccc(SC(F)(F)F)c(C#CC2CC2)c1. The van der Waals surface area contributed by atoms with E-state index in [0.29, 0.717) is 11.5 Å². The first kappa shape index (κ1) is 12.4. The normalized spacial score (nSPS) is 15.3. The summed E-state index contributed by atoms with van der Waals surface area (Å²) in [6.07, 6.45) is 2.14. The zero-order valence-corrected chi connectivity index (χ0v) is 10.1. The Morgan fingerprint density at radius 1 is 1.29 bits per heavy atom. The molecule has 0 unspecified atom stereocenters. The van der Waals surface area contributed by atoms with Crippen molar-refractivity contribution in [2.75, 3.05) is 0 Å². The number of hydrogen-bond acceptors (Lipinski definition) is 1. The Balaban J connectivity index is 2.27. The molecule has 1 saturated carbocycles. The van der Waals surface area contributed by atoms with Crippen molar-refractivity contribution >= 4 is 11.8 Å². The van der Waals surface area contributed by atoms with E-state index in [0.717, 1.165) is 18.4 Å². The fourth-order valence-corrected chi connectivity index (χ4v) is 1.97. The van der Waals surface area contributed by atoms with Gasteiger partial charge >= 0.3 is 5.51 Å². The van der Waals surface area contributed by atoms with Gasteiger partial charge in [0.05, 0.1) is 0 Å². The molecule has 0 N–H and O–H groups in total. The smallest absolute Gasteiger partial charge is 0.160 e. The second kappa shape index (κ2) is 4.66. The standard InChI is InChI=1S/C13H11F3S/c1-9-2-7-12(17-13(14,15)16)11(8-9)6-5-10-3-4-10/h2,7-8,10H,3-4H2,1H3. The van der Waals surface area contributed by atoms with Crippen molar-refractivity contribution in [3.8, 4) is 11.8 Å². The molecule has 1 aliphatic rings. The number of aryl methyl sites for hydroxylation is 1. The molecule has 4 heteroatoms. The molecule has 1 aromatic rings. The maximum atomic E-state index is 12.3. The molecule has 0 saturated heterocycles. The quantitative estimate of drug-likeness (QED) is 0.531. The third-order valence-electron chi connectivity index (χ3n) is 2.35. The first-order valence-corrected chi connectivity index (χ1v) is 6.13. The molecule has 17 heavy (non-hydrogen) atoms. The number of alkyl halides is 3. The highest BCUT2D eigenvalue weighted by Gasteiger charge is 2.30. The van der Waals surface area contributed by atoms with E-state index in [1.54, 1.807) is 12.1 Å². The summed E-state index contributed by atoms with van der Waals surface area (Å²) in [5.41, 5.74) is -2.85. The first-order chi connectivity index (χ1) is 7.94. The molecule has 0 bridgehead atoms. The molecule has 0 aromatic heterocycles. The number of hydrogen-bond donors (Lipinski definition) is 0. The van der Waals surface area contributed by atoms with Gasteiger partial charge in [0, 0.05) is 16.4 Å². The van der Waals surface area contributed by atoms with Gasteiger partial charge in [0.15, 0.2) is 0 Å². The van der Waals surface area contributed by atoms with Gasteiger partial charge < -0.3 is 0 Å². The molecular formula is C13H11F3S. The minimum absolute atomic E-state index is 0.0944. The van der Waals surface area contributed by atoms with Gasteiger partial charge in [-0.3, -0.25) is 0 Å². The number of thioether (sulfide) groups is 1. The summed E-state index contributed by atoms with van der Waals surface area (Å²) >= 11 is -0.0944. The highest BCUT2D eigenvalue weighted by atomic mass is 32.2. The van der Waals surface area contributed by atoms with Gasteiger partial charge in [-0.25, -0.2) is 0 Å². The lowest BCUT2D eigenvalue weighted by molar-refractivity contribution is -0.0328. The molecule has 0 radical (unpaired) electrons. The van der Waals surface area contributed by atoms with E-state index >= 15 is 0 Å². The number of rotatable bonds is 1. The monoisotopic (exact) mass is 256 g/mol.